The molecule has 0 spiro atoms. The van der Waals surface area contributed by atoms with Gasteiger partial charge in [0.2, 0.25) is 17.7 Å². The number of carbonyl (C=O) groups is 4. The zero-order valence-corrected chi connectivity index (χ0v) is 20.7. The van der Waals surface area contributed by atoms with Crippen molar-refractivity contribution < 1.29 is 24.3 Å². The number of primary amides is 1. The van der Waals surface area contributed by atoms with Gasteiger partial charge in [-0.1, -0.05) is 30.3 Å². The number of nitrogens with zero attached hydrogens (tertiary/aromatic N) is 3. The molecular formula is C25H32N8O5. The average molecular weight is 525 g/mol. The number of hydrogen-bond acceptors (Lipinski definition) is 7. The number of hydrogen-bond donors (Lipinski definition) is 6. The van der Waals surface area contributed by atoms with Crippen molar-refractivity contribution in [3.63, 3.8) is 0 Å². The van der Waals surface area contributed by atoms with Crippen LogP contribution in [0, 0.1) is 0 Å². The van der Waals surface area contributed by atoms with Crippen molar-refractivity contribution in [2.45, 2.75) is 44.2 Å². The Kier molecular flexibility index (Phi) is 11.9. The monoisotopic (exact) mass is 524 g/mol. The zero-order chi connectivity index (χ0) is 27.9. The molecule has 0 aliphatic rings. The second-order valence-electron chi connectivity index (χ2n) is 8.35. The van der Waals surface area contributed by atoms with Gasteiger partial charge in [0.25, 0.3) is 0 Å². The molecule has 13 heteroatoms. The molecule has 202 valence electrons. The molecular weight excluding hydrogens is 492 g/mol. The van der Waals surface area contributed by atoms with Crippen molar-refractivity contribution in [2.75, 3.05) is 6.54 Å². The van der Waals surface area contributed by atoms with E-state index in [0.717, 1.165) is 0 Å². The number of amides is 3. The summed E-state index contributed by atoms with van der Waals surface area (Å²) in [5.41, 5.74) is 17.7. The summed E-state index contributed by atoms with van der Waals surface area (Å²) in [5.74, 6) is -3.29. The van der Waals surface area contributed by atoms with Gasteiger partial charge in [0, 0.05) is 13.0 Å². The maximum Gasteiger partial charge on any atom is 0.326 e. The van der Waals surface area contributed by atoms with Gasteiger partial charge in [0.05, 0.1) is 17.8 Å². The molecule has 2 atom stereocenters. The van der Waals surface area contributed by atoms with Crippen LogP contribution in [0.15, 0.2) is 69.8 Å². The highest BCUT2D eigenvalue weighted by Crippen LogP contribution is 2.18. The van der Waals surface area contributed by atoms with Crippen LogP contribution in [0.3, 0.4) is 0 Å². The van der Waals surface area contributed by atoms with Crippen LogP contribution in [0.5, 0.6) is 0 Å². The van der Waals surface area contributed by atoms with Crippen LogP contribution in [0.2, 0.25) is 0 Å². The largest absolute Gasteiger partial charge is 0.480 e. The van der Waals surface area contributed by atoms with Crippen molar-refractivity contribution in [2.24, 2.45) is 32.4 Å². The SMILES string of the molecule is NC(=O)CC[C@H](NC(=O)[C@H](CCCN=C(N)N)NC(=O)Cc1ccc(N=Nc2ccccc2)cc1)C(=O)O. The molecule has 13 nitrogen and oxygen atoms in total. The van der Waals surface area contributed by atoms with Gasteiger partial charge in [-0.05, 0) is 49.1 Å². The summed E-state index contributed by atoms with van der Waals surface area (Å²) < 4.78 is 0. The minimum atomic E-state index is -1.34. The van der Waals surface area contributed by atoms with Gasteiger partial charge < -0.3 is 32.9 Å². The number of guanidine groups is 1. The third-order valence-electron chi connectivity index (χ3n) is 5.23. The minimum absolute atomic E-state index is 0.0299. The first-order chi connectivity index (χ1) is 18.1. The van der Waals surface area contributed by atoms with E-state index in [1.54, 1.807) is 24.3 Å². The van der Waals surface area contributed by atoms with Crippen LogP contribution in [-0.2, 0) is 25.6 Å². The Morgan fingerprint density at radius 2 is 1.45 bits per heavy atom. The van der Waals surface area contributed by atoms with E-state index < -0.39 is 35.8 Å². The maximum absolute atomic E-state index is 12.8. The number of carbonyl (C=O) groups excluding carboxylic acids is 3. The van der Waals surface area contributed by atoms with Gasteiger partial charge in [0.15, 0.2) is 5.96 Å². The Labute approximate surface area is 219 Å². The number of rotatable bonds is 15. The van der Waals surface area contributed by atoms with Gasteiger partial charge >= 0.3 is 5.97 Å². The lowest BCUT2D eigenvalue weighted by Gasteiger charge is -2.21. The van der Waals surface area contributed by atoms with Gasteiger partial charge in [-0.15, -0.1) is 0 Å². The summed E-state index contributed by atoms with van der Waals surface area (Å²) >= 11 is 0. The lowest BCUT2D eigenvalue weighted by Crippen LogP contribution is -2.52. The third kappa shape index (κ3) is 11.3. The number of nitrogens with two attached hydrogens (primary N) is 3. The number of benzene rings is 2. The highest BCUT2D eigenvalue weighted by atomic mass is 16.4. The quantitative estimate of drug-likeness (QED) is 0.0856. The summed E-state index contributed by atoms with van der Waals surface area (Å²) in [6.07, 6.45) is 0.0578. The molecule has 0 heterocycles. The average Bonchev–Trinajstić information content (AvgIpc) is 2.88. The number of aliphatic imine (C=N–C) groups is 1. The van der Waals surface area contributed by atoms with Crippen LogP contribution in [0.25, 0.3) is 0 Å². The number of carboxylic acids is 1. The highest BCUT2D eigenvalue weighted by Gasteiger charge is 2.26. The Morgan fingerprint density at radius 1 is 0.816 bits per heavy atom. The second-order valence-corrected chi connectivity index (χ2v) is 8.35. The van der Waals surface area contributed by atoms with E-state index in [0.29, 0.717) is 23.4 Å². The fourth-order valence-corrected chi connectivity index (χ4v) is 3.31. The lowest BCUT2D eigenvalue weighted by molar-refractivity contribution is -0.142. The van der Waals surface area contributed by atoms with E-state index in [1.165, 1.54) is 0 Å². The Balaban J connectivity index is 2.02. The molecule has 0 radical (unpaired) electrons. The van der Waals surface area contributed by atoms with Gasteiger partial charge in [0.1, 0.15) is 12.1 Å². The number of nitrogens with one attached hydrogen (secondary N) is 2. The van der Waals surface area contributed by atoms with Crippen molar-refractivity contribution in [3.05, 3.63) is 60.2 Å². The molecule has 38 heavy (non-hydrogen) atoms. The molecule has 0 fully saturated rings. The van der Waals surface area contributed by atoms with Gasteiger partial charge in [-0.25, -0.2) is 4.79 Å². The molecule has 0 aliphatic heterocycles. The van der Waals surface area contributed by atoms with E-state index in [-0.39, 0.29) is 38.2 Å². The second kappa shape index (κ2) is 15.3. The topological polar surface area (TPSA) is 228 Å². The lowest BCUT2D eigenvalue weighted by atomic mass is 10.1. The highest BCUT2D eigenvalue weighted by molar-refractivity contribution is 5.91. The molecule has 0 aliphatic carbocycles. The maximum atomic E-state index is 12.8. The molecule has 0 bridgehead atoms. The molecule has 3 amide bonds. The summed E-state index contributed by atoms with van der Waals surface area (Å²) in [6.45, 7) is 0.213. The zero-order valence-electron chi connectivity index (χ0n) is 20.7. The molecule has 0 saturated heterocycles. The van der Waals surface area contributed by atoms with Crippen molar-refractivity contribution in [1.82, 2.24) is 10.6 Å². The van der Waals surface area contributed by atoms with E-state index in [9.17, 15) is 24.3 Å². The third-order valence-corrected chi connectivity index (χ3v) is 5.23. The first-order valence-corrected chi connectivity index (χ1v) is 11.9. The Hall–Kier alpha value is -4.81. The van der Waals surface area contributed by atoms with E-state index in [1.807, 2.05) is 30.3 Å². The van der Waals surface area contributed by atoms with E-state index in [2.05, 4.69) is 25.9 Å². The summed E-state index contributed by atoms with van der Waals surface area (Å²) in [7, 11) is 0. The molecule has 2 rings (SSSR count). The predicted molar refractivity (Wildman–Crippen MR) is 141 cm³/mol. The van der Waals surface area contributed by atoms with Crippen LogP contribution >= 0.6 is 0 Å². The van der Waals surface area contributed by atoms with Crippen LogP contribution in [-0.4, -0.2) is 53.4 Å². The Bertz CT molecular complexity index is 1150. The number of aliphatic carboxylic acids is 1. The summed E-state index contributed by atoms with van der Waals surface area (Å²) in [5, 5.41) is 22.7. The van der Waals surface area contributed by atoms with E-state index in [4.69, 9.17) is 17.2 Å². The van der Waals surface area contributed by atoms with Crippen LogP contribution < -0.4 is 27.8 Å². The fourth-order valence-electron chi connectivity index (χ4n) is 3.31. The normalized spacial score (nSPS) is 12.3. The van der Waals surface area contributed by atoms with E-state index >= 15 is 0 Å². The minimum Gasteiger partial charge on any atom is -0.480 e. The number of azo groups is 1. The molecule has 2 aromatic carbocycles. The predicted octanol–water partition coefficient (Wildman–Crippen LogP) is 1.02. The van der Waals surface area contributed by atoms with Gasteiger partial charge in [-0.2, -0.15) is 10.2 Å². The molecule has 9 N–H and O–H groups in total. The molecule has 0 aromatic heterocycles. The Morgan fingerprint density at radius 3 is 2.03 bits per heavy atom. The molecule has 0 saturated carbocycles. The smallest absolute Gasteiger partial charge is 0.326 e. The first-order valence-electron chi connectivity index (χ1n) is 11.9. The van der Waals surface area contributed by atoms with Crippen LogP contribution in [0.1, 0.15) is 31.2 Å². The molecule has 0 unspecified atom stereocenters. The molecule has 2 aromatic rings. The number of carboxylic acid groups (broad SMARTS) is 1. The standard InChI is InChI=1S/C25H32N8O5/c26-21(34)13-12-20(24(37)38)31-23(36)19(7-4-14-29-25(27)28)30-22(35)15-16-8-10-18(11-9-16)33-32-17-5-2-1-3-6-17/h1-3,5-6,8-11,19-20H,4,7,12-15H2,(H2,26,34)(H,30,35)(H,31,36)(H,37,38)(H4,27,28,29)/t19-,20-/m0/s1. The first kappa shape index (κ1) is 29.4. The van der Waals surface area contributed by atoms with Crippen molar-refractivity contribution in [1.29, 1.82) is 0 Å². The van der Waals surface area contributed by atoms with Crippen molar-refractivity contribution in [3.8, 4) is 0 Å². The van der Waals surface area contributed by atoms with Crippen LogP contribution in [0.4, 0.5) is 11.4 Å². The van der Waals surface area contributed by atoms with Gasteiger partial charge in [-0.3, -0.25) is 19.4 Å². The summed E-state index contributed by atoms with van der Waals surface area (Å²) in [6, 6.07) is 13.7. The van der Waals surface area contributed by atoms with Crippen molar-refractivity contribution >= 4 is 41.0 Å². The summed E-state index contributed by atoms with van der Waals surface area (Å²) in [4.78, 5) is 52.0. The fraction of sp³-hybridized carbons (Fsp3) is 0.320.